The second-order valence-electron chi connectivity index (χ2n) is 8.78. The van der Waals surface area contributed by atoms with E-state index in [9.17, 15) is 9.59 Å². The fourth-order valence-corrected chi connectivity index (χ4v) is 4.58. The zero-order valence-electron chi connectivity index (χ0n) is 19.0. The molecule has 170 valence electrons. The molecule has 2 aliphatic heterocycles. The van der Waals surface area contributed by atoms with Crippen molar-refractivity contribution in [3.63, 3.8) is 0 Å². The smallest absolute Gasteiger partial charge is 0.228 e. The molecule has 0 radical (unpaired) electrons. The summed E-state index contributed by atoms with van der Waals surface area (Å²) in [4.78, 5) is 40.8. The Morgan fingerprint density at radius 3 is 2.30 bits per heavy atom. The van der Waals surface area contributed by atoms with E-state index in [-0.39, 0.29) is 24.2 Å². The Bertz CT molecular complexity index is 1150. The monoisotopic (exact) mass is 444 g/mol. The van der Waals surface area contributed by atoms with Crippen molar-refractivity contribution in [2.75, 3.05) is 42.5 Å². The zero-order valence-corrected chi connectivity index (χ0v) is 19.0. The van der Waals surface area contributed by atoms with Crippen molar-refractivity contribution in [2.24, 2.45) is 5.92 Å². The van der Waals surface area contributed by atoms with Gasteiger partial charge in [-0.2, -0.15) is 0 Å². The maximum atomic E-state index is 13.2. The average Bonchev–Trinajstić information content (AvgIpc) is 3.49. The minimum Gasteiger partial charge on any atom is -0.353 e. The van der Waals surface area contributed by atoms with Crippen LogP contribution in [0.15, 0.2) is 54.9 Å². The van der Waals surface area contributed by atoms with Crippen molar-refractivity contribution in [2.45, 2.75) is 20.3 Å². The average molecular weight is 445 g/mol. The number of piperazine rings is 1. The molecule has 0 aliphatic carbocycles. The number of carbonyl (C=O) groups is 2. The summed E-state index contributed by atoms with van der Waals surface area (Å²) in [7, 11) is 0. The number of benzene rings is 1. The molecular weight excluding hydrogens is 416 g/mol. The van der Waals surface area contributed by atoms with Crippen molar-refractivity contribution in [3.8, 4) is 5.82 Å². The lowest BCUT2D eigenvalue weighted by atomic mass is 10.1. The predicted molar refractivity (Wildman–Crippen MR) is 127 cm³/mol. The molecule has 2 amide bonds. The van der Waals surface area contributed by atoms with Crippen LogP contribution in [-0.2, 0) is 9.59 Å². The van der Waals surface area contributed by atoms with Crippen LogP contribution < -0.4 is 9.80 Å². The molecule has 33 heavy (non-hydrogen) atoms. The van der Waals surface area contributed by atoms with Gasteiger partial charge in [0.1, 0.15) is 17.5 Å². The van der Waals surface area contributed by atoms with Crippen LogP contribution in [-0.4, -0.2) is 64.0 Å². The molecule has 1 aromatic carbocycles. The molecule has 4 heterocycles. The van der Waals surface area contributed by atoms with Crippen molar-refractivity contribution >= 4 is 23.3 Å². The van der Waals surface area contributed by atoms with Gasteiger partial charge in [-0.25, -0.2) is 9.97 Å². The van der Waals surface area contributed by atoms with Gasteiger partial charge in [-0.3, -0.25) is 9.59 Å². The summed E-state index contributed by atoms with van der Waals surface area (Å²) in [6, 6.07) is 13.8. The predicted octanol–water partition coefficient (Wildman–Crippen LogP) is 2.59. The lowest BCUT2D eigenvalue weighted by Crippen LogP contribution is -2.51. The van der Waals surface area contributed by atoms with E-state index >= 15 is 0 Å². The molecule has 0 N–H and O–H groups in total. The maximum Gasteiger partial charge on any atom is 0.228 e. The molecule has 3 aromatic rings. The van der Waals surface area contributed by atoms with Gasteiger partial charge >= 0.3 is 0 Å². The molecule has 2 aromatic heterocycles. The highest BCUT2D eigenvalue weighted by Gasteiger charge is 2.38. The van der Waals surface area contributed by atoms with Crippen LogP contribution in [0.25, 0.3) is 5.82 Å². The van der Waals surface area contributed by atoms with E-state index in [4.69, 9.17) is 0 Å². The van der Waals surface area contributed by atoms with Gasteiger partial charge in [-0.05, 0) is 38.1 Å². The molecule has 2 fully saturated rings. The van der Waals surface area contributed by atoms with Gasteiger partial charge in [-0.1, -0.05) is 17.7 Å². The van der Waals surface area contributed by atoms with Crippen LogP contribution in [0.1, 0.15) is 17.8 Å². The largest absolute Gasteiger partial charge is 0.353 e. The number of amides is 2. The summed E-state index contributed by atoms with van der Waals surface area (Å²) in [5.41, 5.74) is 2.01. The molecule has 2 saturated heterocycles. The van der Waals surface area contributed by atoms with Crippen LogP contribution >= 0.6 is 0 Å². The van der Waals surface area contributed by atoms with E-state index in [1.807, 2.05) is 78.2 Å². The SMILES string of the molecule is Cc1ccc(N2CC(C(=O)N3CCN(c4cc(-n5cccc5)nc(C)n4)CC3)CC2=O)cc1. The molecule has 0 saturated carbocycles. The zero-order chi connectivity index (χ0) is 22.9. The fraction of sp³-hybridized carbons (Fsp3) is 0.360. The molecule has 0 bridgehead atoms. The number of hydrogen-bond acceptors (Lipinski definition) is 5. The third-order valence-electron chi connectivity index (χ3n) is 6.42. The van der Waals surface area contributed by atoms with Gasteiger partial charge < -0.3 is 19.3 Å². The maximum absolute atomic E-state index is 13.2. The summed E-state index contributed by atoms with van der Waals surface area (Å²) in [5.74, 6) is 2.23. The second kappa shape index (κ2) is 8.69. The number of hydrogen-bond donors (Lipinski definition) is 0. The van der Waals surface area contributed by atoms with Crippen LogP contribution in [0.5, 0.6) is 0 Å². The van der Waals surface area contributed by atoms with E-state index in [1.54, 1.807) is 4.90 Å². The highest BCUT2D eigenvalue weighted by Crippen LogP contribution is 2.27. The Hall–Kier alpha value is -3.68. The summed E-state index contributed by atoms with van der Waals surface area (Å²) in [5, 5.41) is 0. The lowest BCUT2D eigenvalue weighted by Gasteiger charge is -2.36. The summed E-state index contributed by atoms with van der Waals surface area (Å²) >= 11 is 0. The van der Waals surface area contributed by atoms with Crippen LogP contribution in [0, 0.1) is 19.8 Å². The number of aryl methyl sites for hydroxylation is 2. The fourth-order valence-electron chi connectivity index (χ4n) is 4.58. The number of aromatic nitrogens is 3. The number of rotatable bonds is 4. The van der Waals surface area contributed by atoms with Crippen molar-refractivity contribution in [1.82, 2.24) is 19.4 Å². The Balaban J connectivity index is 1.22. The quantitative estimate of drug-likeness (QED) is 0.618. The van der Waals surface area contributed by atoms with Gasteiger partial charge in [0.25, 0.3) is 0 Å². The summed E-state index contributed by atoms with van der Waals surface area (Å²) in [6.07, 6.45) is 4.20. The molecule has 1 atom stereocenters. The molecular formula is C25H28N6O2. The first kappa shape index (κ1) is 21.2. The molecule has 8 heteroatoms. The first-order valence-electron chi connectivity index (χ1n) is 11.4. The topological polar surface area (TPSA) is 74.6 Å². The minimum absolute atomic E-state index is 0.0184. The molecule has 0 spiro atoms. The van der Waals surface area contributed by atoms with E-state index in [0.29, 0.717) is 32.7 Å². The first-order chi connectivity index (χ1) is 16.0. The molecule has 8 nitrogen and oxygen atoms in total. The molecule has 1 unspecified atom stereocenters. The third-order valence-corrected chi connectivity index (χ3v) is 6.42. The van der Waals surface area contributed by atoms with Crippen LogP contribution in [0.2, 0.25) is 0 Å². The highest BCUT2D eigenvalue weighted by atomic mass is 16.2. The Morgan fingerprint density at radius 2 is 1.61 bits per heavy atom. The Kier molecular flexibility index (Phi) is 5.58. The van der Waals surface area contributed by atoms with Crippen molar-refractivity contribution in [1.29, 1.82) is 0 Å². The standard InChI is InChI=1S/C25H28N6O2/c1-18-5-7-21(8-6-18)31-17-20(15-24(31)32)25(33)30-13-11-29(12-14-30)23-16-22(26-19(2)27-23)28-9-3-4-10-28/h3-10,16,20H,11-15,17H2,1-2H3. The van der Waals surface area contributed by atoms with Crippen molar-refractivity contribution in [3.05, 3.63) is 66.2 Å². The first-order valence-corrected chi connectivity index (χ1v) is 11.4. The lowest BCUT2D eigenvalue weighted by molar-refractivity contribution is -0.136. The normalized spacial score (nSPS) is 18.8. The molecule has 5 rings (SSSR count). The van der Waals surface area contributed by atoms with E-state index < -0.39 is 0 Å². The van der Waals surface area contributed by atoms with E-state index in [1.165, 1.54) is 0 Å². The van der Waals surface area contributed by atoms with Crippen molar-refractivity contribution < 1.29 is 9.59 Å². The van der Waals surface area contributed by atoms with E-state index in [2.05, 4.69) is 14.9 Å². The summed E-state index contributed by atoms with van der Waals surface area (Å²) < 4.78 is 1.97. The second-order valence-corrected chi connectivity index (χ2v) is 8.78. The number of carbonyl (C=O) groups excluding carboxylic acids is 2. The van der Waals surface area contributed by atoms with Crippen LogP contribution in [0.4, 0.5) is 11.5 Å². The molecule has 2 aliphatic rings. The van der Waals surface area contributed by atoms with Gasteiger partial charge in [0.15, 0.2) is 0 Å². The highest BCUT2D eigenvalue weighted by molar-refractivity contribution is 6.00. The summed E-state index contributed by atoms with van der Waals surface area (Å²) in [6.45, 7) is 7.02. The van der Waals surface area contributed by atoms with Crippen LogP contribution in [0.3, 0.4) is 0 Å². The Morgan fingerprint density at radius 1 is 0.939 bits per heavy atom. The number of anilines is 2. The van der Waals surface area contributed by atoms with E-state index in [0.717, 1.165) is 28.7 Å². The van der Waals surface area contributed by atoms with Gasteiger partial charge in [0.2, 0.25) is 11.8 Å². The van der Waals surface area contributed by atoms with Gasteiger partial charge in [-0.15, -0.1) is 0 Å². The third kappa shape index (κ3) is 4.33. The van der Waals surface area contributed by atoms with Gasteiger partial charge in [0, 0.05) is 63.3 Å². The van der Waals surface area contributed by atoms with Gasteiger partial charge in [0.05, 0.1) is 5.92 Å². The minimum atomic E-state index is -0.285. The Labute approximate surface area is 193 Å². The number of nitrogens with zero attached hydrogens (tertiary/aromatic N) is 6.